The van der Waals surface area contributed by atoms with Gasteiger partial charge in [-0.25, -0.2) is 4.98 Å². The van der Waals surface area contributed by atoms with Crippen molar-refractivity contribution in [2.75, 3.05) is 26.2 Å². The van der Waals surface area contributed by atoms with Crippen LogP contribution in [0.2, 0.25) is 0 Å². The maximum Gasteiger partial charge on any atom is 0.416 e. The monoisotopic (exact) mass is 523 g/mol. The zero-order valence-electron chi connectivity index (χ0n) is 21.3. The summed E-state index contributed by atoms with van der Waals surface area (Å²) in [4.78, 5) is 27.6. The number of carbonyl (C=O) groups excluding carboxylic acids is 1. The molecule has 1 amide bonds. The molecule has 3 aromatic rings. The quantitative estimate of drug-likeness (QED) is 0.414. The van der Waals surface area contributed by atoms with Crippen LogP contribution in [-0.4, -0.2) is 62.5 Å². The smallest absolute Gasteiger partial charge is 0.337 e. The van der Waals surface area contributed by atoms with Gasteiger partial charge in [-0.15, -0.1) is 0 Å². The van der Waals surface area contributed by atoms with Crippen LogP contribution < -0.4 is 0 Å². The number of amides is 1. The van der Waals surface area contributed by atoms with Gasteiger partial charge < -0.3 is 14.4 Å². The number of imidazole rings is 1. The Balaban J connectivity index is 1.40. The average molecular weight is 524 g/mol. The minimum atomic E-state index is -4.46. The fourth-order valence-corrected chi connectivity index (χ4v) is 5.86. The van der Waals surface area contributed by atoms with Crippen molar-refractivity contribution in [3.63, 3.8) is 0 Å². The molecule has 1 saturated carbocycles. The molecule has 1 aliphatic carbocycles. The van der Waals surface area contributed by atoms with E-state index < -0.39 is 11.7 Å². The molecule has 3 aliphatic rings. The van der Waals surface area contributed by atoms with Gasteiger partial charge in [0.1, 0.15) is 17.2 Å². The lowest BCUT2D eigenvalue weighted by molar-refractivity contribution is -0.137. The Morgan fingerprint density at radius 3 is 2.29 bits per heavy atom. The Morgan fingerprint density at radius 2 is 1.63 bits per heavy atom. The number of benzene rings is 1. The van der Waals surface area contributed by atoms with Crippen LogP contribution >= 0.6 is 0 Å². The Hall–Kier alpha value is -3.20. The second-order valence-electron chi connectivity index (χ2n) is 10.8. The molecule has 0 bridgehead atoms. The number of aromatic nitrogens is 3. The molecule has 0 spiro atoms. The minimum Gasteiger partial charge on any atom is -0.337 e. The molecule has 1 aromatic carbocycles. The first-order chi connectivity index (χ1) is 18.4. The third kappa shape index (κ3) is 5.08. The van der Waals surface area contributed by atoms with Crippen LogP contribution in [0.1, 0.15) is 54.6 Å². The number of halogens is 3. The predicted octanol–water partition coefficient (Wildman–Crippen LogP) is 5.74. The van der Waals surface area contributed by atoms with Gasteiger partial charge in [0.15, 0.2) is 0 Å². The van der Waals surface area contributed by atoms with Crippen LogP contribution in [-0.2, 0) is 12.7 Å². The highest BCUT2D eigenvalue weighted by Crippen LogP contribution is 2.38. The molecule has 0 radical (unpaired) electrons. The topological polar surface area (TPSA) is 54.3 Å². The van der Waals surface area contributed by atoms with Crippen molar-refractivity contribution in [1.82, 2.24) is 24.3 Å². The number of pyridine rings is 1. The second kappa shape index (κ2) is 10.2. The lowest BCUT2D eigenvalue weighted by Gasteiger charge is -2.36. The summed E-state index contributed by atoms with van der Waals surface area (Å²) in [7, 11) is 0. The van der Waals surface area contributed by atoms with E-state index in [9.17, 15) is 18.0 Å². The highest BCUT2D eigenvalue weighted by molar-refractivity contribution is 5.99. The van der Waals surface area contributed by atoms with Crippen molar-refractivity contribution < 1.29 is 18.0 Å². The number of hydrogen-bond acceptors (Lipinski definition) is 4. The van der Waals surface area contributed by atoms with E-state index in [1.54, 1.807) is 30.6 Å². The average Bonchev–Trinajstić information content (AvgIpc) is 3.43. The highest BCUT2D eigenvalue weighted by Gasteiger charge is 2.35. The molecule has 2 saturated heterocycles. The van der Waals surface area contributed by atoms with Crippen molar-refractivity contribution >= 4 is 5.91 Å². The second-order valence-corrected chi connectivity index (χ2v) is 10.8. The van der Waals surface area contributed by atoms with Crippen molar-refractivity contribution in [3.8, 4) is 22.6 Å². The molecule has 0 unspecified atom stereocenters. The standard InChI is InChI=1S/C29H32F3N5O/c30-29(31,32)23-5-3-4-22(18-23)27-34-25(21-8-12-33-13-9-21)26(37(27)19-20-6-7-20)28(38)36-16-10-24(11-17-36)35-14-1-2-15-35/h3-5,8-9,12-13,18,20,24H,1-2,6-7,10-11,14-17,19H2. The summed E-state index contributed by atoms with van der Waals surface area (Å²) in [5.41, 5.74) is 1.35. The summed E-state index contributed by atoms with van der Waals surface area (Å²) in [5.74, 6) is 0.708. The van der Waals surface area contributed by atoms with Crippen molar-refractivity contribution in [1.29, 1.82) is 0 Å². The summed E-state index contributed by atoms with van der Waals surface area (Å²) in [5, 5.41) is 0. The molecular formula is C29H32F3N5O. The van der Waals surface area contributed by atoms with E-state index in [4.69, 9.17) is 4.98 Å². The Kier molecular flexibility index (Phi) is 6.72. The Morgan fingerprint density at radius 1 is 0.921 bits per heavy atom. The van der Waals surface area contributed by atoms with Gasteiger partial charge in [0.25, 0.3) is 5.91 Å². The normalized spacial score (nSPS) is 19.3. The van der Waals surface area contributed by atoms with Crippen molar-refractivity contribution in [2.45, 2.75) is 57.3 Å². The molecule has 2 aromatic heterocycles. The summed E-state index contributed by atoms with van der Waals surface area (Å²) in [6.45, 7) is 4.18. The number of rotatable bonds is 6. The molecule has 38 heavy (non-hydrogen) atoms. The van der Waals surface area contributed by atoms with Gasteiger partial charge in [-0.1, -0.05) is 12.1 Å². The van der Waals surface area contributed by atoms with E-state index in [-0.39, 0.29) is 5.91 Å². The van der Waals surface area contributed by atoms with E-state index in [0.29, 0.717) is 54.4 Å². The summed E-state index contributed by atoms with van der Waals surface area (Å²) < 4.78 is 42.6. The van der Waals surface area contributed by atoms with Crippen molar-refractivity contribution in [2.24, 2.45) is 5.92 Å². The zero-order valence-corrected chi connectivity index (χ0v) is 21.3. The number of piperidine rings is 1. The third-order valence-corrected chi connectivity index (χ3v) is 8.12. The van der Waals surface area contributed by atoms with E-state index in [2.05, 4.69) is 9.88 Å². The highest BCUT2D eigenvalue weighted by atomic mass is 19.4. The zero-order chi connectivity index (χ0) is 26.3. The first kappa shape index (κ1) is 25.1. The van der Waals surface area contributed by atoms with Gasteiger partial charge in [0.2, 0.25) is 0 Å². The fourth-order valence-electron chi connectivity index (χ4n) is 5.86. The van der Waals surface area contributed by atoms with Gasteiger partial charge in [-0.3, -0.25) is 9.78 Å². The van der Waals surface area contributed by atoms with E-state index in [0.717, 1.165) is 56.5 Å². The van der Waals surface area contributed by atoms with Gasteiger partial charge in [0, 0.05) is 49.2 Å². The molecule has 6 nitrogen and oxygen atoms in total. The molecule has 0 N–H and O–H groups in total. The lowest BCUT2D eigenvalue weighted by Crippen LogP contribution is -2.46. The first-order valence-corrected chi connectivity index (χ1v) is 13.6. The molecule has 200 valence electrons. The van der Waals surface area contributed by atoms with Gasteiger partial charge >= 0.3 is 6.18 Å². The van der Waals surface area contributed by atoms with E-state index >= 15 is 0 Å². The summed E-state index contributed by atoms with van der Waals surface area (Å²) in [6, 6.07) is 9.37. The van der Waals surface area contributed by atoms with Crippen LogP contribution in [0.25, 0.3) is 22.6 Å². The molecule has 9 heteroatoms. The van der Waals surface area contributed by atoms with Crippen LogP contribution in [0.15, 0.2) is 48.8 Å². The maximum atomic E-state index is 14.2. The van der Waals surface area contributed by atoms with E-state index in [1.165, 1.54) is 18.9 Å². The molecule has 4 heterocycles. The Labute approximate surface area is 220 Å². The molecule has 6 rings (SSSR count). The molecular weight excluding hydrogens is 491 g/mol. The molecule has 0 atom stereocenters. The van der Waals surface area contributed by atoms with Gasteiger partial charge in [-0.2, -0.15) is 13.2 Å². The fraction of sp³-hybridized carbons (Fsp3) is 0.483. The van der Waals surface area contributed by atoms with Gasteiger partial charge in [-0.05, 0) is 81.8 Å². The number of hydrogen-bond donors (Lipinski definition) is 0. The van der Waals surface area contributed by atoms with Gasteiger partial charge in [0.05, 0.1) is 5.56 Å². The molecule has 2 aliphatic heterocycles. The largest absolute Gasteiger partial charge is 0.416 e. The first-order valence-electron chi connectivity index (χ1n) is 13.6. The summed E-state index contributed by atoms with van der Waals surface area (Å²) >= 11 is 0. The van der Waals surface area contributed by atoms with Crippen LogP contribution in [0.4, 0.5) is 13.2 Å². The number of carbonyl (C=O) groups is 1. The number of nitrogens with zero attached hydrogens (tertiary/aromatic N) is 5. The molecule has 3 fully saturated rings. The predicted molar refractivity (Wildman–Crippen MR) is 138 cm³/mol. The third-order valence-electron chi connectivity index (χ3n) is 8.12. The number of alkyl halides is 3. The van der Waals surface area contributed by atoms with Crippen molar-refractivity contribution in [3.05, 3.63) is 60.0 Å². The lowest BCUT2D eigenvalue weighted by atomic mass is 10.0. The van der Waals surface area contributed by atoms with Crippen LogP contribution in [0, 0.1) is 5.92 Å². The summed E-state index contributed by atoms with van der Waals surface area (Å²) in [6.07, 6.45) is 5.28. The maximum absolute atomic E-state index is 14.2. The van der Waals surface area contributed by atoms with Crippen LogP contribution in [0.5, 0.6) is 0 Å². The Bertz CT molecular complexity index is 1290. The minimum absolute atomic E-state index is 0.0944. The van der Waals surface area contributed by atoms with Crippen LogP contribution in [0.3, 0.4) is 0 Å². The van der Waals surface area contributed by atoms with E-state index in [1.807, 2.05) is 9.47 Å². The number of likely N-dealkylation sites (tertiary alicyclic amines) is 2. The SMILES string of the molecule is O=C(c1c(-c2ccncc2)nc(-c2cccc(C(F)(F)F)c2)n1CC1CC1)N1CCC(N2CCCC2)CC1.